The topological polar surface area (TPSA) is 82.6 Å². The summed E-state index contributed by atoms with van der Waals surface area (Å²) in [6, 6.07) is 17.7. The predicted molar refractivity (Wildman–Crippen MR) is 127 cm³/mol. The van der Waals surface area contributed by atoms with Crippen LogP contribution in [0.4, 0.5) is 0 Å². The largest absolute Gasteiger partial charge is 0.355 e. The molecule has 0 saturated carbocycles. The number of nitrogens with one attached hydrogen (secondary N) is 3. The standard InChI is InChI=1S/C20H28N4O2S.HI/c1-3-18-11-7-8-12-19(18)16-23-20(21-2)22-13-14-27(25,26)24-15-17-9-5-4-6-10-17;/h4-12,24H,3,13-16H2,1-2H3,(H2,21,22,23);1H. The van der Waals surface area contributed by atoms with Crippen molar-refractivity contribution in [3.63, 3.8) is 0 Å². The van der Waals surface area contributed by atoms with Crippen LogP contribution in [0.5, 0.6) is 0 Å². The molecule has 0 fully saturated rings. The summed E-state index contributed by atoms with van der Waals surface area (Å²) in [5.41, 5.74) is 3.43. The lowest BCUT2D eigenvalue weighted by molar-refractivity contribution is 0.580. The van der Waals surface area contributed by atoms with Crippen molar-refractivity contribution >= 4 is 40.0 Å². The normalized spacial score (nSPS) is 11.6. The van der Waals surface area contributed by atoms with E-state index < -0.39 is 10.0 Å². The van der Waals surface area contributed by atoms with Crippen molar-refractivity contribution in [1.82, 2.24) is 15.4 Å². The summed E-state index contributed by atoms with van der Waals surface area (Å²) in [6.07, 6.45) is 0.967. The minimum Gasteiger partial charge on any atom is -0.355 e. The van der Waals surface area contributed by atoms with Gasteiger partial charge in [0.05, 0.1) is 5.75 Å². The number of benzene rings is 2. The second-order valence-electron chi connectivity index (χ2n) is 6.10. The van der Waals surface area contributed by atoms with Gasteiger partial charge in [-0.3, -0.25) is 4.99 Å². The van der Waals surface area contributed by atoms with E-state index in [9.17, 15) is 8.42 Å². The maximum Gasteiger partial charge on any atom is 0.213 e. The molecule has 3 N–H and O–H groups in total. The summed E-state index contributed by atoms with van der Waals surface area (Å²) < 4.78 is 26.9. The van der Waals surface area contributed by atoms with Crippen LogP contribution in [0.15, 0.2) is 59.6 Å². The van der Waals surface area contributed by atoms with Crippen LogP contribution < -0.4 is 15.4 Å². The fourth-order valence-corrected chi connectivity index (χ4v) is 3.54. The van der Waals surface area contributed by atoms with Crippen molar-refractivity contribution in [2.24, 2.45) is 4.99 Å². The maximum absolute atomic E-state index is 12.1. The van der Waals surface area contributed by atoms with Gasteiger partial charge < -0.3 is 10.6 Å². The van der Waals surface area contributed by atoms with Crippen LogP contribution in [0.3, 0.4) is 0 Å². The summed E-state index contributed by atoms with van der Waals surface area (Å²) in [6.45, 7) is 3.34. The van der Waals surface area contributed by atoms with Crippen LogP contribution in [0.25, 0.3) is 0 Å². The monoisotopic (exact) mass is 516 g/mol. The fraction of sp³-hybridized carbons (Fsp3) is 0.350. The zero-order valence-electron chi connectivity index (χ0n) is 16.3. The van der Waals surface area contributed by atoms with E-state index in [2.05, 4.69) is 39.4 Å². The van der Waals surface area contributed by atoms with Gasteiger partial charge >= 0.3 is 0 Å². The van der Waals surface area contributed by atoms with Crippen molar-refractivity contribution in [3.8, 4) is 0 Å². The third-order valence-electron chi connectivity index (χ3n) is 4.17. The Morgan fingerprint density at radius 2 is 1.57 bits per heavy atom. The summed E-state index contributed by atoms with van der Waals surface area (Å²) in [7, 11) is -1.69. The molecule has 0 aliphatic heterocycles. The van der Waals surface area contributed by atoms with Gasteiger partial charge in [0.2, 0.25) is 10.0 Å². The third kappa shape index (κ3) is 8.57. The van der Waals surface area contributed by atoms with Gasteiger partial charge in [-0.25, -0.2) is 13.1 Å². The quantitative estimate of drug-likeness (QED) is 0.272. The molecule has 28 heavy (non-hydrogen) atoms. The van der Waals surface area contributed by atoms with Crippen molar-refractivity contribution in [1.29, 1.82) is 0 Å². The van der Waals surface area contributed by atoms with Crippen molar-refractivity contribution in [2.45, 2.75) is 26.4 Å². The average molecular weight is 516 g/mol. The highest BCUT2D eigenvalue weighted by atomic mass is 127. The second-order valence-corrected chi connectivity index (χ2v) is 8.03. The fourth-order valence-electron chi connectivity index (χ4n) is 2.64. The van der Waals surface area contributed by atoms with Crippen LogP contribution in [0, 0.1) is 0 Å². The van der Waals surface area contributed by atoms with E-state index in [1.54, 1.807) is 7.05 Å². The summed E-state index contributed by atoms with van der Waals surface area (Å²) in [4.78, 5) is 4.15. The number of guanidine groups is 1. The number of hydrogen-bond acceptors (Lipinski definition) is 3. The molecule has 0 atom stereocenters. The SMILES string of the molecule is CCc1ccccc1CNC(=NC)NCCS(=O)(=O)NCc1ccccc1.I. The van der Waals surface area contributed by atoms with Crippen LogP contribution >= 0.6 is 24.0 Å². The number of rotatable bonds is 9. The Kier molecular flexibility index (Phi) is 11.1. The lowest BCUT2D eigenvalue weighted by Crippen LogP contribution is -2.40. The number of halogens is 1. The van der Waals surface area contributed by atoms with Crippen LogP contribution in [0.2, 0.25) is 0 Å². The zero-order chi connectivity index (χ0) is 19.5. The van der Waals surface area contributed by atoms with Gasteiger partial charge in [-0.2, -0.15) is 0 Å². The first kappa shape index (κ1) is 24.4. The Labute approximate surface area is 185 Å². The first-order chi connectivity index (χ1) is 13.0. The van der Waals surface area contributed by atoms with Gasteiger partial charge in [0, 0.05) is 26.7 Å². The Balaban J connectivity index is 0.00000392. The number of sulfonamides is 1. The molecular formula is C20H29IN4O2S. The molecule has 2 aromatic rings. The number of nitrogens with zero attached hydrogens (tertiary/aromatic N) is 1. The molecule has 0 heterocycles. The van der Waals surface area contributed by atoms with Crippen LogP contribution in [0.1, 0.15) is 23.6 Å². The molecule has 8 heteroatoms. The van der Waals surface area contributed by atoms with Crippen molar-refractivity contribution < 1.29 is 8.42 Å². The summed E-state index contributed by atoms with van der Waals surface area (Å²) in [5.74, 6) is 0.561. The van der Waals surface area contributed by atoms with E-state index in [1.165, 1.54) is 11.1 Å². The molecule has 0 aliphatic rings. The molecular weight excluding hydrogens is 487 g/mol. The maximum atomic E-state index is 12.1. The third-order valence-corrected chi connectivity index (χ3v) is 5.50. The molecule has 0 amide bonds. The predicted octanol–water partition coefficient (Wildman–Crippen LogP) is 2.65. The van der Waals surface area contributed by atoms with E-state index >= 15 is 0 Å². The molecule has 0 spiro atoms. The highest BCUT2D eigenvalue weighted by Crippen LogP contribution is 2.08. The Morgan fingerprint density at radius 1 is 0.929 bits per heavy atom. The lowest BCUT2D eigenvalue weighted by Gasteiger charge is -2.14. The number of aliphatic imine (C=N–C) groups is 1. The first-order valence-corrected chi connectivity index (χ1v) is 10.7. The number of hydrogen-bond donors (Lipinski definition) is 3. The van der Waals surface area contributed by atoms with Gasteiger partial charge in [-0.05, 0) is 23.1 Å². The van der Waals surface area contributed by atoms with Gasteiger partial charge in [0.15, 0.2) is 5.96 Å². The minimum atomic E-state index is -3.36. The van der Waals surface area contributed by atoms with E-state index in [0.29, 0.717) is 19.0 Å². The Bertz CT molecular complexity index is 842. The molecule has 2 rings (SSSR count). The minimum absolute atomic E-state index is 0. The molecule has 0 aromatic heterocycles. The average Bonchev–Trinajstić information content (AvgIpc) is 2.70. The zero-order valence-corrected chi connectivity index (χ0v) is 19.5. The molecule has 0 saturated heterocycles. The number of aryl methyl sites for hydroxylation is 1. The second kappa shape index (κ2) is 12.7. The molecule has 2 aromatic carbocycles. The molecule has 6 nitrogen and oxygen atoms in total. The van der Waals surface area contributed by atoms with E-state index in [-0.39, 0.29) is 36.3 Å². The van der Waals surface area contributed by atoms with Crippen molar-refractivity contribution in [3.05, 3.63) is 71.3 Å². The smallest absolute Gasteiger partial charge is 0.213 e. The summed E-state index contributed by atoms with van der Waals surface area (Å²) >= 11 is 0. The molecule has 154 valence electrons. The Morgan fingerprint density at radius 3 is 2.21 bits per heavy atom. The van der Waals surface area contributed by atoms with Crippen LogP contribution in [-0.4, -0.2) is 33.7 Å². The van der Waals surface area contributed by atoms with E-state index in [1.807, 2.05) is 42.5 Å². The van der Waals surface area contributed by atoms with Gasteiger partial charge in [-0.15, -0.1) is 24.0 Å². The van der Waals surface area contributed by atoms with E-state index in [4.69, 9.17) is 0 Å². The molecule has 0 aliphatic carbocycles. The highest BCUT2D eigenvalue weighted by molar-refractivity contribution is 14.0. The molecule has 0 unspecified atom stereocenters. The van der Waals surface area contributed by atoms with Gasteiger partial charge in [0.1, 0.15) is 0 Å². The molecule has 0 bridgehead atoms. The highest BCUT2D eigenvalue weighted by Gasteiger charge is 2.10. The van der Waals surface area contributed by atoms with E-state index in [0.717, 1.165) is 12.0 Å². The summed E-state index contributed by atoms with van der Waals surface area (Å²) in [5, 5.41) is 6.28. The van der Waals surface area contributed by atoms with Crippen molar-refractivity contribution in [2.75, 3.05) is 19.3 Å². The van der Waals surface area contributed by atoms with Crippen LogP contribution in [-0.2, 0) is 29.5 Å². The molecule has 0 radical (unpaired) electrons. The van der Waals surface area contributed by atoms with Gasteiger partial charge in [0.25, 0.3) is 0 Å². The first-order valence-electron chi connectivity index (χ1n) is 9.06. The lowest BCUT2D eigenvalue weighted by atomic mass is 10.1. The Hall–Kier alpha value is -1.65. The van der Waals surface area contributed by atoms with Gasteiger partial charge in [-0.1, -0.05) is 61.5 Å².